The summed E-state index contributed by atoms with van der Waals surface area (Å²) in [5.41, 5.74) is 6.10. The van der Waals surface area contributed by atoms with E-state index in [9.17, 15) is 4.79 Å². The third-order valence-electron chi connectivity index (χ3n) is 3.13. The summed E-state index contributed by atoms with van der Waals surface area (Å²) in [6.45, 7) is 0. The van der Waals surface area contributed by atoms with Gasteiger partial charge in [-0.2, -0.15) is 5.10 Å². The Bertz CT molecular complexity index is 355. The summed E-state index contributed by atoms with van der Waals surface area (Å²) < 4.78 is 0. The van der Waals surface area contributed by atoms with Gasteiger partial charge in [0.25, 0.3) is 0 Å². The van der Waals surface area contributed by atoms with Crippen molar-refractivity contribution in [2.24, 2.45) is 5.92 Å². The molecule has 2 rings (SSSR count). The molecule has 0 saturated heterocycles. The van der Waals surface area contributed by atoms with E-state index in [2.05, 4.69) is 15.5 Å². The van der Waals surface area contributed by atoms with Crippen molar-refractivity contribution in [2.45, 2.75) is 38.5 Å². The highest BCUT2D eigenvalue weighted by Gasteiger charge is 2.17. The Morgan fingerprint density at radius 2 is 2.25 bits per heavy atom. The predicted octanol–water partition coefficient (Wildman–Crippen LogP) is 1.90. The molecule has 0 spiro atoms. The second-order valence-electron chi connectivity index (χ2n) is 4.46. The van der Waals surface area contributed by atoms with E-state index in [0.717, 1.165) is 0 Å². The van der Waals surface area contributed by atoms with E-state index in [1.165, 1.54) is 38.3 Å². The third kappa shape index (κ3) is 2.74. The minimum Gasteiger partial charge on any atom is -0.394 e. The van der Waals surface area contributed by atoms with E-state index in [1.807, 2.05) is 0 Å². The monoisotopic (exact) mass is 222 g/mol. The quantitative estimate of drug-likeness (QED) is 0.730. The lowest BCUT2D eigenvalue weighted by atomic mass is 9.87. The molecular formula is C11H18N4O. The predicted molar refractivity (Wildman–Crippen MR) is 62.8 cm³/mol. The largest absolute Gasteiger partial charge is 0.394 e. The molecule has 0 atom stereocenters. The van der Waals surface area contributed by atoms with Crippen LogP contribution in [0.2, 0.25) is 0 Å². The normalized spacial score (nSPS) is 17.2. The molecule has 1 fully saturated rings. The van der Waals surface area contributed by atoms with Crippen LogP contribution in [0.4, 0.5) is 11.5 Å². The Morgan fingerprint density at radius 3 is 2.88 bits per heavy atom. The molecule has 1 heterocycles. The Balaban J connectivity index is 1.82. The van der Waals surface area contributed by atoms with Gasteiger partial charge in [0.15, 0.2) is 5.82 Å². The highest BCUT2D eigenvalue weighted by atomic mass is 16.1. The Hall–Kier alpha value is -1.52. The molecule has 1 amide bonds. The number of carbonyl (C=O) groups excluding carboxylic acids is 1. The number of hydrogen-bond acceptors (Lipinski definition) is 3. The molecule has 0 unspecified atom stereocenters. The number of rotatable bonds is 3. The Morgan fingerprint density at radius 1 is 1.50 bits per heavy atom. The third-order valence-corrected chi connectivity index (χ3v) is 3.13. The van der Waals surface area contributed by atoms with E-state index in [-0.39, 0.29) is 5.91 Å². The fourth-order valence-corrected chi connectivity index (χ4v) is 2.24. The molecule has 5 heteroatoms. The topological polar surface area (TPSA) is 83.8 Å². The molecule has 1 aromatic rings. The van der Waals surface area contributed by atoms with Crippen molar-refractivity contribution in [1.82, 2.24) is 10.2 Å². The van der Waals surface area contributed by atoms with E-state index < -0.39 is 0 Å². The number of nitrogens with one attached hydrogen (secondary N) is 2. The summed E-state index contributed by atoms with van der Waals surface area (Å²) in [7, 11) is 0. The fourth-order valence-electron chi connectivity index (χ4n) is 2.24. The van der Waals surface area contributed by atoms with Crippen molar-refractivity contribution in [1.29, 1.82) is 0 Å². The number of amides is 1. The van der Waals surface area contributed by atoms with Gasteiger partial charge in [0.05, 0.1) is 11.9 Å². The first-order valence-electron chi connectivity index (χ1n) is 5.84. The molecule has 0 aromatic carbocycles. The number of aromatic nitrogens is 2. The van der Waals surface area contributed by atoms with E-state index in [1.54, 1.807) is 0 Å². The lowest BCUT2D eigenvalue weighted by Crippen LogP contribution is -2.19. The first-order chi connectivity index (χ1) is 7.75. The number of H-pyrrole nitrogens is 1. The molecule has 5 nitrogen and oxygen atoms in total. The number of carbonyl (C=O) groups is 1. The maximum Gasteiger partial charge on any atom is 0.225 e. The molecule has 0 bridgehead atoms. The van der Waals surface area contributed by atoms with Crippen LogP contribution in [0.1, 0.15) is 38.5 Å². The van der Waals surface area contributed by atoms with Gasteiger partial charge in [0.1, 0.15) is 0 Å². The summed E-state index contributed by atoms with van der Waals surface area (Å²) in [5.74, 6) is 1.08. The lowest BCUT2D eigenvalue weighted by Gasteiger charge is -2.20. The Labute approximate surface area is 94.8 Å². The van der Waals surface area contributed by atoms with Gasteiger partial charge in [-0.3, -0.25) is 9.89 Å². The van der Waals surface area contributed by atoms with E-state index in [0.29, 0.717) is 23.8 Å². The van der Waals surface area contributed by atoms with Crippen molar-refractivity contribution >= 4 is 17.4 Å². The molecule has 1 aromatic heterocycles. The highest BCUT2D eigenvalue weighted by molar-refractivity contribution is 5.92. The molecule has 4 N–H and O–H groups in total. The second kappa shape index (κ2) is 5.01. The average Bonchev–Trinajstić information content (AvgIpc) is 2.66. The van der Waals surface area contributed by atoms with Crippen LogP contribution in [0, 0.1) is 5.92 Å². The van der Waals surface area contributed by atoms with Crippen LogP contribution in [0.25, 0.3) is 0 Å². The zero-order chi connectivity index (χ0) is 11.4. The zero-order valence-electron chi connectivity index (χ0n) is 9.33. The van der Waals surface area contributed by atoms with Crippen molar-refractivity contribution < 1.29 is 4.79 Å². The number of nitrogen functional groups attached to an aromatic ring is 1. The number of nitrogens with zero attached hydrogens (tertiary/aromatic N) is 1. The molecule has 88 valence electrons. The second-order valence-corrected chi connectivity index (χ2v) is 4.46. The number of nitrogens with two attached hydrogens (primary N) is 1. The van der Waals surface area contributed by atoms with Crippen LogP contribution in [0.3, 0.4) is 0 Å². The molecule has 0 radical (unpaired) electrons. The SMILES string of the molecule is Nc1cn[nH]c1NC(=O)CC1CCCCC1. The van der Waals surface area contributed by atoms with Crippen LogP contribution in [0.5, 0.6) is 0 Å². The molecular weight excluding hydrogens is 204 g/mol. The van der Waals surface area contributed by atoms with Crippen molar-refractivity contribution in [3.05, 3.63) is 6.20 Å². The first kappa shape index (κ1) is 11.0. The number of anilines is 2. The molecule has 1 aliphatic carbocycles. The smallest absolute Gasteiger partial charge is 0.225 e. The van der Waals surface area contributed by atoms with Gasteiger partial charge in [0, 0.05) is 6.42 Å². The van der Waals surface area contributed by atoms with Crippen LogP contribution >= 0.6 is 0 Å². The molecule has 16 heavy (non-hydrogen) atoms. The van der Waals surface area contributed by atoms with Crippen LogP contribution in [-0.2, 0) is 4.79 Å². The van der Waals surface area contributed by atoms with Crippen LogP contribution in [-0.4, -0.2) is 16.1 Å². The van der Waals surface area contributed by atoms with Gasteiger partial charge in [-0.05, 0) is 18.8 Å². The lowest BCUT2D eigenvalue weighted by molar-refractivity contribution is -0.117. The minimum absolute atomic E-state index is 0.0304. The summed E-state index contributed by atoms with van der Waals surface area (Å²) in [6.07, 6.45) is 8.26. The van der Waals surface area contributed by atoms with Gasteiger partial charge in [-0.25, -0.2) is 0 Å². The van der Waals surface area contributed by atoms with Gasteiger partial charge < -0.3 is 11.1 Å². The molecule has 0 aliphatic heterocycles. The molecule has 1 aliphatic rings. The zero-order valence-corrected chi connectivity index (χ0v) is 9.33. The van der Waals surface area contributed by atoms with E-state index in [4.69, 9.17) is 5.73 Å². The van der Waals surface area contributed by atoms with Crippen LogP contribution in [0.15, 0.2) is 6.20 Å². The minimum atomic E-state index is 0.0304. The highest BCUT2D eigenvalue weighted by Crippen LogP contribution is 2.26. The average molecular weight is 222 g/mol. The maximum absolute atomic E-state index is 11.7. The van der Waals surface area contributed by atoms with Gasteiger partial charge >= 0.3 is 0 Å². The Kier molecular flexibility index (Phi) is 3.44. The van der Waals surface area contributed by atoms with Gasteiger partial charge in [-0.15, -0.1) is 0 Å². The summed E-state index contributed by atoms with van der Waals surface area (Å²) in [5, 5.41) is 9.18. The van der Waals surface area contributed by atoms with Crippen molar-refractivity contribution in [3.8, 4) is 0 Å². The van der Waals surface area contributed by atoms with E-state index >= 15 is 0 Å². The fraction of sp³-hybridized carbons (Fsp3) is 0.636. The summed E-state index contributed by atoms with van der Waals surface area (Å²) in [4.78, 5) is 11.7. The summed E-state index contributed by atoms with van der Waals surface area (Å²) >= 11 is 0. The van der Waals surface area contributed by atoms with Gasteiger partial charge in [0.2, 0.25) is 5.91 Å². The van der Waals surface area contributed by atoms with Crippen molar-refractivity contribution in [2.75, 3.05) is 11.1 Å². The number of aromatic amines is 1. The van der Waals surface area contributed by atoms with Crippen LogP contribution < -0.4 is 11.1 Å². The first-order valence-corrected chi connectivity index (χ1v) is 5.84. The standard InChI is InChI=1S/C11H18N4O/c12-9-7-13-15-11(9)14-10(16)6-8-4-2-1-3-5-8/h7-8H,1-6,12H2,(H2,13,14,15,16). The summed E-state index contributed by atoms with van der Waals surface area (Å²) in [6, 6.07) is 0. The maximum atomic E-state index is 11.7. The van der Waals surface area contributed by atoms with Gasteiger partial charge in [-0.1, -0.05) is 19.3 Å². The molecule has 1 saturated carbocycles. The number of hydrogen-bond donors (Lipinski definition) is 3. The van der Waals surface area contributed by atoms with Crippen molar-refractivity contribution in [3.63, 3.8) is 0 Å².